The second kappa shape index (κ2) is 4.11. The molecule has 0 amide bonds. The lowest BCUT2D eigenvalue weighted by molar-refractivity contribution is -0.387. The van der Waals surface area contributed by atoms with Crippen molar-refractivity contribution in [1.82, 2.24) is 4.98 Å². The summed E-state index contributed by atoms with van der Waals surface area (Å²) in [6, 6.07) is 0. The van der Waals surface area contributed by atoms with Crippen LogP contribution in [0.5, 0.6) is 0 Å². The summed E-state index contributed by atoms with van der Waals surface area (Å²) in [5, 5.41) is 10.5. The number of aryl methyl sites for hydroxylation is 1. The molecule has 0 unspecified atom stereocenters. The highest BCUT2D eigenvalue weighted by molar-refractivity contribution is 14.1. The van der Waals surface area contributed by atoms with E-state index in [1.807, 2.05) is 0 Å². The molecule has 0 aliphatic rings. The van der Waals surface area contributed by atoms with E-state index in [0.29, 0.717) is 5.56 Å². The molecule has 0 spiro atoms. The van der Waals surface area contributed by atoms with Gasteiger partial charge in [-0.3, -0.25) is 10.1 Å². The Morgan fingerprint density at radius 3 is 2.64 bits per heavy atom. The summed E-state index contributed by atoms with van der Waals surface area (Å²) in [6.07, 6.45) is -1.72. The third-order valence-corrected chi connectivity index (χ3v) is 2.94. The molecule has 0 aromatic carbocycles. The molecule has 76 valence electrons. The molecule has 14 heavy (non-hydrogen) atoms. The molecule has 0 aliphatic carbocycles. The second-order valence-corrected chi connectivity index (χ2v) is 3.63. The lowest BCUT2D eigenvalue weighted by Crippen LogP contribution is -2.03. The standard InChI is InChI=1S/C7H5F2IN2O2/c1-3-2-11-5(7(8)9)6(4(3)10)12(13)14/h2,7H,1H3. The summed E-state index contributed by atoms with van der Waals surface area (Å²) in [5.41, 5.74) is -0.854. The van der Waals surface area contributed by atoms with Gasteiger partial charge in [0, 0.05) is 6.20 Å². The number of hydrogen-bond donors (Lipinski definition) is 0. The number of halogens is 3. The van der Waals surface area contributed by atoms with E-state index < -0.39 is 22.7 Å². The Labute approximate surface area is 91.6 Å². The molecule has 0 saturated carbocycles. The molecule has 1 rings (SSSR count). The number of hydrogen-bond acceptors (Lipinski definition) is 3. The highest BCUT2D eigenvalue weighted by Crippen LogP contribution is 2.32. The van der Waals surface area contributed by atoms with Gasteiger partial charge in [0.2, 0.25) is 0 Å². The summed E-state index contributed by atoms with van der Waals surface area (Å²) >= 11 is 1.66. The molecular formula is C7H5F2IN2O2. The van der Waals surface area contributed by atoms with Crippen molar-refractivity contribution in [3.8, 4) is 0 Å². The molecule has 0 bridgehead atoms. The average Bonchev–Trinajstić information content (AvgIpc) is 2.08. The van der Waals surface area contributed by atoms with Crippen LogP contribution in [0.4, 0.5) is 14.5 Å². The van der Waals surface area contributed by atoms with Crippen molar-refractivity contribution < 1.29 is 13.7 Å². The van der Waals surface area contributed by atoms with Gasteiger partial charge in [-0.05, 0) is 35.1 Å². The highest BCUT2D eigenvalue weighted by atomic mass is 127. The van der Waals surface area contributed by atoms with Gasteiger partial charge in [-0.2, -0.15) is 0 Å². The van der Waals surface area contributed by atoms with Crippen molar-refractivity contribution in [3.05, 3.63) is 31.1 Å². The van der Waals surface area contributed by atoms with Crippen molar-refractivity contribution in [2.75, 3.05) is 0 Å². The van der Waals surface area contributed by atoms with Crippen LogP contribution >= 0.6 is 22.6 Å². The molecule has 1 aromatic heterocycles. The summed E-state index contributed by atoms with van der Waals surface area (Å²) in [6.45, 7) is 1.58. The quantitative estimate of drug-likeness (QED) is 0.479. The zero-order chi connectivity index (χ0) is 10.9. The maximum atomic E-state index is 12.3. The molecule has 0 fully saturated rings. The van der Waals surface area contributed by atoms with Crippen LogP contribution in [0, 0.1) is 20.6 Å². The fourth-order valence-corrected chi connectivity index (χ4v) is 1.53. The molecule has 0 saturated heterocycles. The van der Waals surface area contributed by atoms with E-state index >= 15 is 0 Å². The topological polar surface area (TPSA) is 56.0 Å². The van der Waals surface area contributed by atoms with Crippen LogP contribution in [0.15, 0.2) is 6.20 Å². The largest absolute Gasteiger partial charge is 0.310 e. The lowest BCUT2D eigenvalue weighted by atomic mass is 10.2. The van der Waals surface area contributed by atoms with E-state index in [4.69, 9.17) is 0 Å². The van der Waals surface area contributed by atoms with Crippen LogP contribution in [0.1, 0.15) is 17.7 Å². The highest BCUT2D eigenvalue weighted by Gasteiger charge is 2.27. The SMILES string of the molecule is Cc1cnc(C(F)F)c([N+](=O)[O-])c1I. The maximum absolute atomic E-state index is 12.3. The Balaban J connectivity index is 3.45. The minimum atomic E-state index is -2.93. The van der Waals surface area contributed by atoms with Crippen molar-refractivity contribution in [2.24, 2.45) is 0 Å². The van der Waals surface area contributed by atoms with E-state index in [1.54, 1.807) is 29.5 Å². The Hall–Kier alpha value is -0.860. The zero-order valence-corrected chi connectivity index (χ0v) is 9.16. The minimum absolute atomic E-state index is 0.206. The molecule has 0 aliphatic heterocycles. The Morgan fingerprint density at radius 1 is 1.64 bits per heavy atom. The fraction of sp³-hybridized carbons (Fsp3) is 0.286. The predicted molar refractivity (Wildman–Crippen MR) is 53.3 cm³/mol. The summed E-state index contributed by atoms with van der Waals surface area (Å²) in [5.74, 6) is 0. The summed E-state index contributed by atoms with van der Waals surface area (Å²) in [4.78, 5) is 13.1. The van der Waals surface area contributed by atoms with Gasteiger partial charge in [0.05, 0.1) is 8.49 Å². The maximum Gasteiger partial charge on any atom is 0.310 e. The molecule has 4 nitrogen and oxygen atoms in total. The van der Waals surface area contributed by atoms with E-state index in [-0.39, 0.29) is 3.57 Å². The van der Waals surface area contributed by atoms with Crippen LogP contribution in [-0.2, 0) is 0 Å². The molecular weight excluding hydrogens is 309 g/mol. The zero-order valence-electron chi connectivity index (χ0n) is 7.00. The van der Waals surface area contributed by atoms with E-state index in [1.165, 1.54) is 6.20 Å². The molecule has 0 N–H and O–H groups in total. The smallest absolute Gasteiger partial charge is 0.258 e. The van der Waals surface area contributed by atoms with E-state index in [9.17, 15) is 18.9 Å². The van der Waals surface area contributed by atoms with Gasteiger partial charge in [-0.15, -0.1) is 0 Å². The van der Waals surface area contributed by atoms with Crippen molar-refractivity contribution in [3.63, 3.8) is 0 Å². The van der Waals surface area contributed by atoms with Gasteiger partial charge in [0.15, 0.2) is 5.69 Å². The normalized spacial score (nSPS) is 10.6. The van der Waals surface area contributed by atoms with Gasteiger partial charge < -0.3 is 0 Å². The second-order valence-electron chi connectivity index (χ2n) is 2.55. The number of rotatable bonds is 2. The molecule has 1 heterocycles. The third-order valence-electron chi connectivity index (χ3n) is 1.58. The predicted octanol–water partition coefficient (Wildman–Crippen LogP) is 2.84. The first kappa shape index (κ1) is 11.2. The van der Waals surface area contributed by atoms with E-state index in [2.05, 4.69) is 4.98 Å². The number of alkyl halides is 2. The van der Waals surface area contributed by atoms with Gasteiger partial charge >= 0.3 is 5.69 Å². The van der Waals surface area contributed by atoms with Gasteiger partial charge in [0.1, 0.15) is 0 Å². The van der Waals surface area contributed by atoms with Gasteiger partial charge in [0.25, 0.3) is 6.43 Å². The Kier molecular flexibility index (Phi) is 3.29. The Bertz CT molecular complexity index is 384. The van der Waals surface area contributed by atoms with Crippen LogP contribution in [0.3, 0.4) is 0 Å². The number of aromatic nitrogens is 1. The van der Waals surface area contributed by atoms with Crippen molar-refractivity contribution in [2.45, 2.75) is 13.3 Å². The molecule has 0 radical (unpaired) electrons. The number of nitro groups is 1. The fourth-order valence-electron chi connectivity index (χ4n) is 0.917. The summed E-state index contributed by atoms with van der Waals surface area (Å²) in [7, 11) is 0. The number of nitrogens with zero attached hydrogens (tertiary/aromatic N) is 2. The van der Waals surface area contributed by atoms with E-state index in [0.717, 1.165) is 0 Å². The monoisotopic (exact) mass is 314 g/mol. The van der Waals surface area contributed by atoms with Crippen molar-refractivity contribution >= 4 is 28.3 Å². The molecule has 1 aromatic rings. The lowest BCUT2D eigenvalue weighted by Gasteiger charge is -2.04. The van der Waals surface area contributed by atoms with Gasteiger partial charge in [-0.1, -0.05) is 0 Å². The van der Waals surface area contributed by atoms with Crippen LogP contribution in [0.25, 0.3) is 0 Å². The first-order chi connectivity index (χ1) is 6.45. The number of pyridine rings is 1. The summed E-state index contributed by atoms with van der Waals surface area (Å²) < 4.78 is 24.9. The van der Waals surface area contributed by atoms with Crippen LogP contribution < -0.4 is 0 Å². The third kappa shape index (κ3) is 1.97. The van der Waals surface area contributed by atoms with Crippen molar-refractivity contribution in [1.29, 1.82) is 0 Å². The average molecular weight is 314 g/mol. The van der Waals surface area contributed by atoms with Crippen LogP contribution in [0.2, 0.25) is 0 Å². The first-order valence-corrected chi connectivity index (χ1v) is 4.60. The van der Waals surface area contributed by atoms with Gasteiger partial charge in [-0.25, -0.2) is 13.8 Å². The molecule has 7 heteroatoms. The Morgan fingerprint density at radius 2 is 2.21 bits per heavy atom. The first-order valence-electron chi connectivity index (χ1n) is 3.52. The van der Waals surface area contributed by atoms with Crippen LogP contribution in [-0.4, -0.2) is 9.91 Å². The minimum Gasteiger partial charge on any atom is -0.258 e. The molecule has 0 atom stereocenters.